The van der Waals surface area contributed by atoms with Gasteiger partial charge in [0.05, 0.1) is 24.8 Å². The van der Waals surface area contributed by atoms with E-state index in [9.17, 15) is 9.00 Å². The van der Waals surface area contributed by atoms with Crippen LogP contribution in [-0.4, -0.2) is 79.2 Å². The summed E-state index contributed by atoms with van der Waals surface area (Å²) in [5.74, 6) is 6.67. The minimum absolute atomic E-state index is 0.0337. The first-order chi connectivity index (χ1) is 20.8. The average molecular weight is 618 g/mol. The summed E-state index contributed by atoms with van der Waals surface area (Å²) in [7, 11) is -1.99. The maximum Gasteiger partial charge on any atom is 0.229 e. The Morgan fingerprint density at radius 3 is 2.72 bits per heavy atom. The maximum absolute atomic E-state index is 12.8. The van der Waals surface area contributed by atoms with Gasteiger partial charge in [-0.25, -0.2) is 9.67 Å². The van der Waals surface area contributed by atoms with Crippen LogP contribution in [0.3, 0.4) is 0 Å². The van der Waals surface area contributed by atoms with E-state index in [-0.39, 0.29) is 5.43 Å². The number of aromatic nitrogens is 4. The fourth-order valence-electron chi connectivity index (χ4n) is 5.36. The van der Waals surface area contributed by atoms with Crippen LogP contribution in [0.1, 0.15) is 11.3 Å². The predicted octanol–water partition coefficient (Wildman–Crippen LogP) is 3.88. The van der Waals surface area contributed by atoms with Crippen LogP contribution < -0.4 is 15.6 Å². The van der Waals surface area contributed by atoms with Crippen LogP contribution in [0.4, 0.5) is 17.5 Å². The number of nitrogens with one attached hydrogen (secondary N) is 1. The fraction of sp³-hybridized carbons (Fsp3) is 0.300. The van der Waals surface area contributed by atoms with Gasteiger partial charge in [0.25, 0.3) is 0 Å². The van der Waals surface area contributed by atoms with E-state index in [1.54, 1.807) is 16.9 Å². The lowest BCUT2D eigenvalue weighted by molar-refractivity contribution is 0.121. The molecule has 7 rings (SSSR count). The Balaban J connectivity index is 1.08. The van der Waals surface area contributed by atoms with Gasteiger partial charge in [-0.2, -0.15) is 10.1 Å². The van der Waals surface area contributed by atoms with Crippen LogP contribution >= 0.6 is 11.3 Å². The zero-order valence-corrected chi connectivity index (χ0v) is 25.3. The standard InChI is InChI=1S/C30H31N7O4S2/c1-20-22(16-35-11-14-43(2,39)19-35)17-37(34-20)26-7-8-31-30(33-26)32-23-5-3-21(4-6-23)24-18-42-29-25(38)15-27(41-28(24)29)36-9-12-40-13-10-36/h3-8,15,17-18H,2,9-14,16,19H2,1H3,(H,31,32,33). The van der Waals surface area contributed by atoms with E-state index < -0.39 is 9.52 Å². The third kappa shape index (κ3) is 5.80. The van der Waals surface area contributed by atoms with Crippen molar-refractivity contribution >= 4 is 54.5 Å². The quantitative estimate of drug-likeness (QED) is 0.270. The highest BCUT2D eigenvalue weighted by Gasteiger charge is 2.22. The summed E-state index contributed by atoms with van der Waals surface area (Å²) in [5.41, 5.74) is 5.19. The van der Waals surface area contributed by atoms with Crippen LogP contribution in [0.5, 0.6) is 0 Å². The van der Waals surface area contributed by atoms with Crippen molar-refractivity contribution in [3.8, 4) is 16.9 Å². The molecule has 5 aromatic rings. The van der Waals surface area contributed by atoms with Crippen molar-refractivity contribution in [3.63, 3.8) is 0 Å². The van der Waals surface area contributed by atoms with Crippen molar-refractivity contribution in [1.29, 1.82) is 0 Å². The fourth-order valence-corrected chi connectivity index (χ4v) is 7.88. The van der Waals surface area contributed by atoms with E-state index in [1.807, 2.05) is 53.7 Å². The first-order valence-corrected chi connectivity index (χ1v) is 16.9. The monoisotopic (exact) mass is 617 g/mol. The van der Waals surface area contributed by atoms with Gasteiger partial charge < -0.3 is 19.4 Å². The highest BCUT2D eigenvalue weighted by atomic mass is 32.2. The number of hydrogen-bond donors (Lipinski definition) is 1. The first kappa shape index (κ1) is 27.8. The summed E-state index contributed by atoms with van der Waals surface area (Å²) in [6.07, 6.45) is 3.66. The van der Waals surface area contributed by atoms with Crippen molar-refractivity contribution in [2.75, 3.05) is 54.7 Å². The van der Waals surface area contributed by atoms with Crippen molar-refractivity contribution in [2.24, 2.45) is 0 Å². The lowest BCUT2D eigenvalue weighted by atomic mass is 10.1. The smallest absolute Gasteiger partial charge is 0.229 e. The molecular formula is C30H31N7O4S2. The minimum atomic E-state index is -1.99. The molecule has 11 nitrogen and oxygen atoms in total. The first-order valence-electron chi connectivity index (χ1n) is 14.0. The van der Waals surface area contributed by atoms with Crippen LogP contribution in [-0.2, 0) is 20.8 Å². The Bertz CT molecular complexity index is 1960. The number of thiophene rings is 1. The number of nitrogens with zero attached hydrogens (tertiary/aromatic N) is 6. The third-order valence-electron chi connectivity index (χ3n) is 7.67. The molecule has 2 fully saturated rings. The van der Waals surface area contributed by atoms with Gasteiger partial charge in [0.1, 0.15) is 4.70 Å². The SMILES string of the molecule is C=S1(=O)CCN(Cc2cn(-c3ccnc(Nc4ccc(-c5csc6c(=O)cc(N7CCOCC7)oc56)cc4)n3)nc2C)C1. The summed E-state index contributed by atoms with van der Waals surface area (Å²) in [6.45, 7) is 6.04. The third-order valence-corrected chi connectivity index (χ3v) is 10.4. The highest BCUT2D eigenvalue weighted by molar-refractivity contribution is 8.00. The van der Waals surface area contributed by atoms with E-state index in [0.29, 0.717) is 72.4 Å². The number of ether oxygens (including phenoxy) is 1. The lowest BCUT2D eigenvalue weighted by Gasteiger charge is -2.27. The molecule has 0 aliphatic carbocycles. The number of aryl methyl sites for hydroxylation is 1. The maximum atomic E-state index is 12.8. The van der Waals surface area contributed by atoms with Gasteiger partial charge in [-0.1, -0.05) is 12.1 Å². The molecule has 6 heterocycles. The van der Waals surface area contributed by atoms with Gasteiger partial charge >= 0.3 is 0 Å². The van der Waals surface area contributed by atoms with Gasteiger partial charge in [0, 0.05) is 78.7 Å². The van der Waals surface area contributed by atoms with Crippen LogP contribution in [0.15, 0.2) is 63.4 Å². The molecule has 2 aliphatic rings. The Kier molecular flexibility index (Phi) is 7.25. The number of hydrogen-bond acceptors (Lipinski definition) is 11. The van der Waals surface area contributed by atoms with Crippen LogP contribution in [0.25, 0.3) is 27.2 Å². The second kappa shape index (κ2) is 11.2. The molecule has 0 radical (unpaired) electrons. The molecule has 2 aliphatic heterocycles. The molecule has 0 amide bonds. The van der Waals surface area contributed by atoms with Crippen molar-refractivity contribution in [2.45, 2.75) is 13.5 Å². The van der Waals surface area contributed by atoms with E-state index in [0.717, 1.165) is 34.6 Å². The van der Waals surface area contributed by atoms with Gasteiger partial charge in [0.2, 0.25) is 11.4 Å². The zero-order chi connectivity index (χ0) is 29.6. The van der Waals surface area contributed by atoms with Crippen LogP contribution in [0.2, 0.25) is 0 Å². The van der Waals surface area contributed by atoms with Gasteiger partial charge in [-0.15, -0.1) is 11.3 Å². The van der Waals surface area contributed by atoms with Crippen LogP contribution in [0, 0.1) is 6.92 Å². The molecule has 13 heteroatoms. The molecule has 0 saturated carbocycles. The predicted molar refractivity (Wildman–Crippen MR) is 171 cm³/mol. The molecule has 2 saturated heterocycles. The highest BCUT2D eigenvalue weighted by Crippen LogP contribution is 2.35. The van der Waals surface area contributed by atoms with Crippen molar-refractivity contribution < 1.29 is 13.4 Å². The topological polar surface area (TPSA) is 119 Å². The summed E-state index contributed by atoms with van der Waals surface area (Å²) < 4.78 is 26.3. The van der Waals surface area contributed by atoms with E-state index in [2.05, 4.69) is 31.2 Å². The van der Waals surface area contributed by atoms with Gasteiger partial charge in [-0.3, -0.25) is 13.9 Å². The Hall–Kier alpha value is -4.04. The van der Waals surface area contributed by atoms with E-state index in [4.69, 9.17) is 9.15 Å². The second-order valence-corrected chi connectivity index (χ2v) is 14.3. The lowest BCUT2D eigenvalue weighted by Crippen LogP contribution is -2.36. The van der Waals surface area contributed by atoms with Gasteiger partial charge in [0.15, 0.2) is 17.3 Å². The molecule has 0 bridgehead atoms. The Morgan fingerprint density at radius 2 is 1.95 bits per heavy atom. The summed E-state index contributed by atoms with van der Waals surface area (Å²) in [4.78, 5) is 26.1. The molecule has 0 spiro atoms. The summed E-state index contributed by atoms with van der Waals surface area (Å²) >= 11 is 1.40. The van der Waals surface area contributed by atoms with Crippen molar-refractivity contribution in [1.82, 2.24) is 24.6 Å². The number of benzene rings is 1. The molecule has 43 heavy (non-hydrogen) atoms. The number of fused-ring (bicyclic) bond motifs is 1. The number of morpholine rings is 1. The number of rotatable bonds is 7. The summed E-state index contributed by atoms with van der Waals surface area (Å²) in [5, 5.41) is 9.90. The molecule has 1 N–H and O–H groups in total. The molecule has 222 valence electrons. The molecular weight excluding hydrogens is 587 g/mol. The largest absolute Gasteiger partial charge is 0.439 e. The summed E-state index contributed by atoms with van der Waals surface area (Å²) in [6, 6.07) is 11.3. The average Bonchev–Trinajstić information content (AvgIpc) is 3.70. The molecule has 1 unspecified atom stereocenters. The van der Waals surface area contributed by atoms with Gasteiger partial charge in [-0.05, 0) is 40.0 Å². The molecule has 1 atom stereocenters. The molecule has 4 aromatic heterocycles. The second-order valence-electron chi connectivity index (χ2n) is 10.8. The molecule has 1 aromatic carbocycles. The normalized spacial score (nSPS) is 19.3. The minimum Gasteiger partial charge on any atom is -0.439 e. The van der Waals surface area contributed by atoms with E-state index >= 15 is 0 Å². The number of anilines is 3. The van der Waals surface area contributed by atoms with E-state index in [1.165, 1.54) is 11.3 Å². The Labute approximate surface area is 252 Å². The Morgan fingerprint density at radius 1 is 1.14 bits per heavy atom. The van der Waals surface area contributed by atoms with Crippen molar-refractivity contribution in [3.05, 3.63) is 75.7 Å². The zero-order valence-electron chi connectivity index (χ0n) is 23.7.